The predicted molar refractivity (Wildman–Crippen MR) is 88.5 cm³/mol. The summed E-state index contributed by atoms with van der Waals surface area (Å²) in [6.45, 7) is 3.31. The number of nitrogens with one attached hydrogen (secondary N) is 1. The van der Waals surface area contributed by atoms with Gasteiger partial charge in [0.1, 0.15) is 0 Å². The maximum atomic E-state index is 10.7. The fraction of sp³-hybridized carbons (Fsp3) is 0.333. The van der Waals surface area contributed by atoms with Crippen LogP contribution in [0.4, 0.5) is 11.8 Å². The summed E-state index contributed by atoms with van der Waals surface area (Å²) in [4.78, 5) is 19.0. The Morgan fingerprint density at radius 2 is 2.00 bits per heavy atom. The zero-order valence-electron chi connectivity index (χ0n) is 12.5. The zero-order valence-corrected chi connectivity index (χ0v) is 13.3. The van der Waals surface area contributed by atoms with Crippen LogP contribution in [0.3, 0.4) is 0 Å². The molecule has 0 aliphatic carbocycles. The van der Waals surface area contributed by atoms with Crippen molar-refractivity contribution in [2.24, 2.45) is 0 Å². The number of anilines is 2. The standard InChI is InChI=1S/C15H17ClN6O/c16-13-4-2-1-3-12(13)9-17-14-10-18-20-15(19-14)22-7-5-21(11-23)6-8-22/h1-4,10-11H,5-9H2,(H,17,19,20). The van der Waals surface area contributed by atoms with Gasteiger partial charge in [0.15, 0.2) is 5.82 Å². The summed E-state index contributed by atoms with van der Waals surface area (Å²) in [5, 5.41) is 12.0. The van der Waals surface area contributed by atoms with E-state index in [0.29, 0.717) is 49.5 Å². The molecule has 1 fully saturated rings. The van der Waals surface area contributed by atoms with Crippen LogP contribution in [-0.4, -0.2) is 52.7 Å². The summed E-state index contributed by atoms with van der Waals surface area (Å²) in [5.74, 6) is 1.22. The topological polar surface area (TPSA) is 74.2 Å². The van der Waals surface area contributed by atoms with Gasteiger partial charge in [0, 0.05) is 37.7 Å². The maximum absolute atomic E-state index is 10.7. The Bertz CT molecular complexity index is 675. The van der Waals surface area contributed by atoms with Gasteiger partial charge in [-0.2, -0.15) is 10.1 Å². The second kappa shape index (κ2) is 7.23. The molecule has 120 valence electrons. The minimum absolute atomic E-state index is 0.566. The molecule has 0 radical (unpaired) electrons. The first-order valence-electron chi connectivity index (χ1n) is 7.37. The van der Waals surface area contributed by atoms with E-state index in [9.17, 15) is 4.79 Å². The van der Waals surface area contributed by atoms with Crippen molar-refractivity contribution in [2.45, 2.75) is 6.54 Å². The number of amides is 1. The van der Waals surface area contributed by atoms with Crippen LogP contribution in [0.1, 0.15) is 5.56 Å². The number of carbonyl (C=O) groups excluding carboxylic acids is 1. The summed E-state index contributed by atoms with van der Waals surface area (Å²) in [7, 11) is 0. The molecule has 1 amide bonds. The Kier molecular flexibility index (Phi) is 4.87. The average Bonchev–Trinajstić information content (AvgIpc) is 2.61. The van der Waals surface area contributed by atoms with Crippen molar-refractivity contribution < 1.29 is 4.79 Å². The first-order chi connectivity index (χ1) is 11.3. The fourth-order valence-corrected chi connectivity index (χ4v) is 2.57. The number of benzene rings is 1. The van der Waals surface area contributed by atoms with Crippen LogP contribution < -0.4 is 10.2 Å². The van der Waals surface area contributed by atoms with E-state index in [4.69, 9.17) is 11.6 Å². The molecule has 0 saturated carbocycles. The third-order valence-electron chi connectivity index (χ3n) is 3.71. The van der Waals surface area contributed by atoms with E-state index in [0.717, 1.165) is 12.0 Å². The quantitative estimate of drug-likeness (QED) is 0.835. The molecule has 1 saturated heterocycles. The largest absolute Gasteiger partial charge is 0.364 e. The van der Waals surface area contributed by atoms with Crippen molar-refractivity contribution in [3.63, 3.8) is 0 Å². The molecule has 0 spiro atoms. The van der Waals surface area contributed by atoms with Gasteiger partial charge in [0.05, 0.1) is 6.20 Å². The Labute approximate surface area is 139 Å². The van der Waals surface area contributed by atoms with Crippen LogP contribution in [0.5, 0.6) is 0 Å². The monoisotopic (exact) mass is 332 g/mol. The lowest BCUT2D eigenvalue weighted by molar-refractivity contribution is -0.118. The molecule has 2 aromatic rings. The number of halogens is 1. The third kappa shape index (κ3) is 3.87. The number of hydrogen-bond acceptors (Lipinski definition) is 6. The molecular formula is C15H17ClN6O. The first kappa shape index (κ1) is 15.5. The first-order valence-corrected chi connectivity index (χ1v) is 7.75. The van der Waals surface area contributed by atoms with Gasteiger partial charge in [-0.25, -0.2) is 0 Å². The van der Waals surface area contributed by atoms with E-state index in [1.54, 1.807) is 11.1 Å². The number of hydrogen-bond donors (Lipinski definition) is 1. The van der Waals surface area contributed by atoms with Crippen molar-refractivity contribution in [1.29, 1.82) is 0 Å². The van der Waals surface area contributed by atoms with Crippen LogP contribution in [-0.2, 0) is 11.3 Å². The van der Waals surface area contributed by atoms with E-state index < -0.39 is 0 Å². The number of carbonyl (C=O) groups is 1. The molecule has 0 unspecified atom stereocenters. The molecular weight excluding hydrogens is 316 g/mol. The minimum Gasteiger partial charge on any atom is -0.364 e. The van der Waals surface area contributed by atoms with Crippen LogP contribution in [0.2, 0.25) is 5.02 Å². The Morgan fingerprint density at radius 3 is 2.74 bits per heavy atom. The SMILES string of the molecule is O=CN1CCN(c2nncc(NCc3ccccc3Cl)n2)CC1. The highest BCUT2D eigenvalue weighted by Gasteiger charge is 2.18. The second-order valence-corrected chi connectivity index (χ2v) is 5.62. The molecule has 0 bridgehead atoms. The number of piperazine rings is 1. The summed E-state index contributed by atoms with van der Waals surface area (Å²) in [6.07, 6.45) is 2.46. The molecule has 1 aromatic carbocycles. The lowest BCUT2D eigenvalue weighted by atomic mass is 10.2. The molecule has 0 atom stereocenters. The molecule has 1 N–H and O–H groups in total. The van der Waals surface area contributed by atoms with E-state index in [1.165, 1.54) is 0 Å². The maximum Gasteiger partial charge on any atom is 0.247 e. The fourth-order valence-electron chi connectivity index (χ4n) is 2.37. The van der Waals surface area contributed by atoms with Crippen molar-refractivity contribution in [1.82, 2.24) is 20.1 Å². The van der Waals surface area contributed by atoms with Gasteiger partial charge >= 0.3 is 0 Å². The Balaban J connectivity index is 1.64. The predicted octanol–water partition coefficient (Wildman–Crippen LogP) is 1.42. The summed E-state index contributed by atoms with van der Waals surface area (Å²) < 4.78 is 0. The van der Waals surface area contributed by atoms with E-state index >= 15 is 0 Å². The number of nitrogens with zero attached hydrogens (tertiary/aromatic N) is 5. The van der Waals surface area contributed by atoms with Gasteiger partial charge in [-0.15, -0.1) is 5.10 Å². The van der Waals surface area contributed by atoms with Crippen molar-refractivity contribution >= 4 is 29.8 Å². The Morgan fingerprint density at radius 1 is 1.22 bits per heavy atom. The minimum atomic E-state index is 0.566. The molecule has 2 heterocycles. The van der Waals surface area contributed by atoms with E-state index in [1.807, 2.05) is 29.2 Å². The van der Waals surface area contributed by atoms with Crippen molar-refractivity contribution in [3.05, 3.63) is 41.0 Å². The molecule has 7 nitrogen and oxygen atoms in total. The summed E-state index contributed by atoms with van der Waals surface area (Å²) in [6, 6.07) is 7.66. The third-order valence-corrected chi connectivity index (χ3v) is 4.08. The Hall–Kier alpha value is -2.41. The average molecular weight is 333 g/mol. The van der Waals surface area contributed by atoms with E-state index in [-0.39, 0.29) is 0 Å². The van der Waals surface area contributed by atoms with Gasteiger partial charge in [-0.1, -0.05) is 29.8 Å². The molecule has 1 aromatic heterocycles. The smallest absolute Gasteiger partial charge is 0.247 e. The molecule has 8 heteroatoms. The highest BCUT2D eigenvalue weighted by molar-refractivity contribution is 6.31. The van der Waals surface area contributed by atoms with Gasteiger partial charge in [0.2, 0.25) is 12.4 Å². The zero-order chi connectivity index (χ0) is 16.1. The van der Waals surface area contributed by atoms with Gasteiger partial charge in [-0.05, 0) is 11.6 Å². The van der Waals surface area contributed by atoms with Gasteiger partial charge in [0.25, 0.3) is 0 Å². The second-order valence-electron chi connectivity index (χ2n) is 5.22. The van der Waals surface area contributed by atoms with E-state index in [2.05, 4.69) is 20.5 Å². The van der Waals surface area contributed by atoms with Crippen LogP contribution in [0, 0.1) is 0 Å². The molecule has 3 rings (SSSR count). The highest BCUT2D eigenvalue weighted by Crippen LogP contribution is 2.17. The van der Waals surface area contributed by atoms with Crippen molar-refractivity contribution in [2.75, 3.05) is 36.4 Å². The number of rotatable bonds is 5. The molecule has 23 heavy (non-hydrogen) atoms. The summed E-state index contributed by atoms with van der Waals surface area (Å²) >= 11 is 6.14. The summed E-state index contributed by atoms with van der Waals surface area (Å²) in [5.41, 5.74) is 0.994. The van der Waals surface area contributed by atoms with Gasteiger partial charge < -0.3 is 15.1 Å². The lowest BCUT2D eigenvalue weighted by Gasteiger charge is -2.32. The molecule has 1 aliphatic rings. The lowest BCUT2D eigenvalue weighted by Crippen LogP contribution is -2.46. The highest BCUT2D eigenvalue weighted by atomic mass is 35.5. The van der Waals surface area contributed by atoms with Gasteiger partial charge in [-0.3, -0.25) is 4.79 Å². The van der Waals surface area contributed by atoms with Crippen LogP contribution in [0.25, 0.3) is 0 Å². The van der Waals surface area contributed by atoms with Crippen LogP contribution in [0.15, 0.2) is 30.5 Å². The van der Waals surface area contributed by atoms with Crippen LogP contribution >= 0.6 is 11.6 Å². The normalized spacial score (nSPS) is 14.7. The molecule has 1 aliphatic heterocycles. The number of aromatic nitrogens is 3. The van der Waals surface area contributed by atoms with Crippen molar-refractivity contribution in [3.8, 4) is 0 Å².